The largest absolute Gasteiger partial charge is 0.491 e. The average molecular weight is 431 g/mol. The molecule has 158 valence electrons. The molecule has 0 amide bonds. The zero-order valence-corrected chi connectivity index (χ0v) is 19.1. The molecule has 0 radical (unpaired) electrons. The number of H-pyrrole nitrogens is 1. The van der Waals surface area contributed by atoms with Crippen molar-refractivity contribution in [3.63, 3.8) is 0 Å². The smallest absolute Gasteiger partial charge is 0.119 e. The SMILES string of the molecule is CC/C(=C(/c1ccc(OC(C)C)cc1)c1ccc2[nH]ncc2c1)c1ccc(C)cc1Cl. The van der Waals surface area contributed by atoms with Crippen LogP contribution in [0.4, 0.5) is 0 Å². The van der Waals surface area contributed by atoms with Crippen LogP contribution in [0.2, 0.25) is 5.02 Å². The predicted octanol–water partition coefficient (Wildman–Crippen LogP) is 7.68. The molecule has 3 nitrogen and oxygen atoms in total. The molecule has 0 bridgehead atoms. The van der Waals surface area contributed by atoms with Crippen LogP contribution in [-0.2, 0) is 0 Å². The van der Waals surface area contributed by atoms with E-state index in [1.807, 2.05) is 38.2 Å². The third-order valence-electron chi connectivity index (χ3n) is 5.35. The van der Waals surface area contributed by atoms with Crippen molar-refractivity contribution >= 4 is 33.7 Å². The van der Waals surface area contributed by atoms with Crippen molar-refractivity contribution in [1.29, 1.82) is 0 Å². The normalized spacial score (nSPS) is 12.3. The highest BCUT2D eigenvalue weighted by Crippen LogP contribution is 2.38. The summed E-state index contributed by atoms with van der Waals surface area (Å²) >= 11 is 6.71. The lowest BCUT2D eigenvalue weighted by Gasteiger charge is -2.18. The van der Waals surface area contributed by atoms with Crippen molar-refractivity contribution in [2.45, 2.75) is 40.2 Å². The van der Waals surface area contributed by atoms with Crippen LogP contribution in [0.3, 0.4) is 0 Å². The van der Waals surface area contributed by atoms with Crippen molar-refractivity contribution < 1.29 is 4.74 Å². The van der Waals surface area contributed by atoms with E-state index < -0.39 is 0 Å². The minimum Gasteiger partial charge on any atom is -0.491 e. The van der Waals surface area contributed by atoms with Crippen LogP contribution in [0.1, 0.15) is 49.4 Å². The number of aromatic amines is 1. The van der Waals surface area contributed by atoms with Crippen LogP contribution in [0.15, 0.2) is 66.9 Å². The highest BCUT2D eigenvalue weighted by atomic mass is 35.5. The van der Waals surface area contributed by atoms with E-state index in [4.69, 9.17) is 16.3 Å². The van der Waals surface area contributed by atoms with Crippen molar-refractivity contribution in [2.75, 3.05) is 0 Å². The number of halogens is 1. The zero-order valence-electron chi connectivity index (χ0n) is 18.4. The molecule has 4 aromatic rings. The van der Waals surface area contributed by atoms with Gasteiger partial charge in [-0.3, -0.25) is 5.10 Å². The molecule has 4 heteroatoms. The van der Waals surface area contributed by atoms with E-state index in [2.05, 4.69) is 66.5 Å². The van der Waals surface area contributed by atoms with Gasteiger partial charge in [0, 0.05) is 10.4 Å². The van der Waals surface area contributed by atoms with Gasteiger partial charge in [0.25, 0.3) is 0 Å². The number of aryl methyl sites for hydroxylation is 1. The van der Waals surface area contributed by atoms with Gasteiger partial charge in [0.1, 0.15) is 5.75 Å². The quantitative estimate of drug-likeness (QED) is 0.318. The number of fused-ring (bicyclic) bond motifs is 1. The number of rotatable bonds is 6. The van der Waals surface area contributed by atoms with Crippen molar-refractivity contribution in [2.24, 2.45) is 0 Å². The standard InChI is InChI=1S/C27H27ClN2O/c1-5-23(24-12-6-18(4)14-25(24)28)27(19-7-10-22(11-8-19)31-17(2)3)20-9-13-26-21(15-20)16-29-30-26/h6-17H,5H2,1-4H3,(H,29,30)/b27-23+. The molecule has 0 spiro atoms. The van der Waals surface area contributed by atoms with E-state index in [-0.39, 0.29) is 6.10 Å². The van der Waals surface area contributed by atoms with Gasteiger partial charge < -0.3 is 4.74 Å². The van der Waals surface area contributed by atoms with E-state index in [0.717, 1.165) is 50.3 Å². The fourth-order valence-electron chi connectivity index (χ4n) is 3.95. The highest BCUT2D eigenvalue weighted by molar-refractivity contribution is 6.32. The number of hydrogen-bond acceptors (Lipinski definition) is 2. The third-order valence-corrected chi connectivity index (χ3v) is 5.66. The number of hydrogen-bond donors (Lipinski definition) is 1. The lowest BCUT2D eigenvalue weighted by molar-refractivity contribution is 0.242. The summed E-state index contributed by atoms with van der Waals surface area (Å²) in [7, 11) is 0. The molecule has 0 saturated heterocycles. The second-order valence-electron chi connectivity index (χ2n) is 8.05. The summed E-state index contributed by atoms with van der Waals surface area (Å²) in [6, 6.07) is 21.0. The maximum Gasteiger partial charge on any atom is 0.119 e. The van der Waals surface area contributed by atoms with Crippen molar-refractivity contribution in [3.8, 4) is 5.75 Å². The Bertz CT molecular complexity index is 1240. The molecular weight excluding hydrogens is 404 g/mol. The fourth-order valence-corrected chi connectivity index (χ4v) is 4.30. The first-order chi connectivity index (χ1) is 15.0. The summed E-state index contributed by atoms with van der Waals surface area (Å²) in [6.45, 7) is 8.31. The highest BCUT2D eigenvalue weighted by Gasteiger charge is 2.16. The summed E-state index contributed by atoms with van der Waals surface area (Å²) in [4.78, 5) is 0. The zero-order chi connectivity index (χ0) is 22.0. The molecule has 3 aromatic carbocycles. The molecule has 0 aliphatic rings. The Balaban J connectivity index is 1.94. The van der Waals surface area contributed by atoms with Crippen LogP contribution in [0.5, 0.6) is 5.75 Å². The van der Waals surface area contributed by atoms with Gasteiger partial charge in [0.15, 0.2) is 0 Å². The lowest BCUT2D eigenvalue weighted by Crippen LogP contribution is -2.05. The maximum atomic E-state index is 6.71. The minimum absolute atomic E-state index is 0.141. The molecule has 1 heterocycles. The van der Waals surface area contributed by atoms with E-state index in [1.54, 1.807) is 0 Å². The maximum absolute atomic E-state index is 6.71. The summed E-state index contributed by atoms with van der Waals surface area (Å²) in [6.07, 6.45) is 2.86. The van der Waals surface area contributed by atoms with Crippen molar-refractivity contribution in [1.82, 2.24) is 10.2 Å². The van der Waals surface area contributed by atoms with Gasteiger partial charge in [-0.25, -0.2) is 0 Å². The van der Waals surface area contributed by atoms with E-state index >= 15 is 0 Å². The topological polar surface area (TPSA) is 37.9 Å². The Morgan fingerprint density at radius 1 is 1.00 bits per heavy atom. The van der Waals surface area contributed by atoms with E-state index in [9.17, 15) is 0 Å². The molecule has 0 fully saturated rings. The Labute approximate surface area is 188 Å². The Hall–Kier alpha value is -3.04. The van der Waals surface area contributed by atoms with Crippen LogP contribution in [0, 0.1) is 6.92 Å². The number of nitrogens with one attached hydrogen (secondary N) is 1. The van der Waals surface area contributed by atoms with Gasteiger partial charge in [0.2, 0.25) is 0 Å². The van der Waals surface area contributed by atoms with Gasteiger partial charge in [-0.15, -0.1) is 0 Å². The first-order valence-electron chi connectivity index (χ1n) is 10.7. The summed E-state index contributed by atoms with van der Waals surface area (Å²) in [5.74, 6) is 0.870. The van der Waals surface area contributed by atoms with Crippen LogP contribution < -0.4 is 4.74 Å². The molecule has 0 saturated carbocycles. The monoisotopic (exact) mass is 430 g/mol. The number of benzene rings is 3. The second kappa shape index (κ2) is 8.99. The number of allylic oxidation sites excluding steroid dienone is 1. The van der Waals surface area contributed by atoms with Gasteiger partial charge >= 0.3 is 0 Å². The average Bonchev–Trinajstić information content (AvgIpc) is 3.21. The molecule has 4 rings (SSSR count). The number of aromatic nitrogens is 2. The fraction of sp³-hybridized carbons (Fsp3) is 0.222. The van der Waals surface area contributed by atoms with Gasteiger partial charge in [-0.1, -0.05) is 48.9 Å². The molecule has 0 aliphatic heterocycles. The minimum atomic E-state index is 0.141. The first-order valence-corrected chi connectivity index (χ1v) is 11.0. The lowest BCUT2D eigenvalue weighted by atomic mass is 9.87. The Kier molecular flexibility index (Phi) is 6.15. The predicted molar refractivity (Wildman–Crippen MR) is 131 cm³/mol. The molecular formula is C27H27ClN2O. The van der Waals surface area contributed by atoms with Gasteiger partial charge in [-0.2, -0.15) is 5.10 Å². The summed E-state index contributed by atoms with van der Waals surface area (Å²) < 4.78 is 5.86. The third kappa shape index (κ3) is 4.52. The van der Waals surface area contributed by atoms with Gasteiger partial charge in [-0.05, 0) is 90.9 Å². The van der Waals surface area contributed by atoms with E-state index in [0.29, 0.717) is 0 Å². The van der Waals surface area contributed by atoms with Crippen LogP contribution >= 0.6 is 11.6 Å². The Morgan fingerprint density at radius 2 is 1.74 bits per heavy atom. The van der Waals surface area contributed by atoms with Gasteiger partial charge in [0.05, 0.1) is 17.8 Å². The molecule has 31 heavy (non-hydrogen) atoms. The summed E-state index contributed by atoms with van der Waals surface area (Å²) in [5, 5.41) is 9.08. The van der Waals surface area contributed by atoms with Crippen LogP contribution in [-0.4, -0.2) is 16.3 Å². The second-order valence-corrected chi connectivity index (χ2v) is 8.46. The molecule has 0 atom stereocenters. The first kappa shape index (κ1) is 21.2. The summed E-state index contributed by atoms with van der Waals surface area (Å²) in [5.41, 5.74) is 7.90. The Morgan fingerprint density at radius 3 is 2.42 bits per heavy atom. The molecule has 1 N–H and O–H groups in total. The van der Waals surface area contributed by atoms with Crippen LogP contribution in [0.25, 0.3) is 22.0 Å². The number of nitrogens with zero attached hydrogens (tertiary/aromatic N) is 1. The number of ether oxygens (including phenoxy) is 1. The molecule has 0 unspecified atom stereocenters. The van der Waals surface area contributed by atoms with Crippen molar-refractivity contribution in [3.05, 3.63) is 94.1 Å². The molecule has 1 aromatic heterocycles. The molecule has 0 aliphatic carbocycles. The van der Waals surface area contributed by atoms with E-state index in [1.165, 1.54) is 11.1 Å².